The fourth-order valence-corrected chi connectivity index (χ4v) is 10.0. The van der Waals surface area contributed by atoms with E-state index in [-0.39, 0.29) is 46.9 Å². The van der Waals surface area contributed by atoms with Gasteiger partial charge in [-0.05, 0) is 61.9 Å². The number of carbonyl (C=O) groups is 1. The van der Waals surface area contributed by atoms with Gasteiger partial charge in [-0.3, -0.25) is 4.79 Å². The number of fused-ring (bicyclic) bond motifs is 4. The molecule has 5 nitrogen and oxygen atoms in total. The summed E-state index contributed by atoms with van der Waals surface area (Å²) in [6.07, 6.45) is 8.86. The molecule has 5 saturated carbocycles. The topological polar surface area (TPSA) is 48.0 Å². The highest BCUT2D eigenvalue weighted by Crippen LogP contribution is 2.79. The first kappa shape index (κ1) is 17.7. The van der Waals surface area contributed by atoms with E-state index >= 15 is 0 Å². The van der Waals surface area contributed by atoms with Crippen LogP contribution in [-0.2, 0) is 19.0 Å². The maximum absolute atomic E-state index is 12.1. The van der Waals surface area contributed by atoms with E-state index in [1.807, 2.05) is 0 Å². The van der Waals surface area contributed by atoms with Crippen LogP contribution < -0.4 is 0 Å². The lowest BCUT2D eigenvalue weighted by Gasteiger charge is -2.80. The Morgan fingerprint density at radius 2 is 2.03 bits per heavy atom. The van der Waals surface area contributed by atoms with Crippen LogP contribution in [0.5, 0.6) is 0 Å². The van der Waals surface area contributed by atoms with E-state index in [9.17, 15) is 4.79 Å². The molecule has 7 bridgehead atoms. The molecule has 4 saturated heterocycles. The molecule has 0 radical (unpaired) electrons. The minimum atomic E-state index is -0.169. The maximum Gasteiger partial charge on any atom is 0.303 e. The molecule has 5 heteroatoms. The molecule has 0 aromatic heterocycles. The molecule has 0 N–H and O–H groups in total. The van der Waals surface area contributed by atoms with Crippen molar-refractivity contribution in [1.29, 1.82) is 0 Å². The van der Waals surface area contributed by atoms with Crippen LogP contribution >= 0.6 is 0 Å². The Labute approximate surface area is 173 Å². The Hall–Kier alpha value is -0.910. The van der Waals surface area contributed by atoms with Gasteiger partial charge in [-0.2, -0.15) is 0 Å². The monoisotopic (exact) mass is 399 g/mol. The van der Waals surface area contributed by atoms with Gasteiger partial charge in [0.2, 0.25) is 0 Å². The van der Waals surface area contributed by atoms with Crippen molar-refractivity contribution in [2.45, 2.75) is 83.5 Å². The van der Waals surface area contributed by atoms with Crippen molar-refractivity contribution in [3.05, 3.63) is 12.2 Å². The van der Waals surface area contributed by atoms with Crippen LogP contribution in [0.2, 0.25) is 0 Å². The predicted molar refractivity (Wildman–Crippen MR) is 106 cm³/mol. The van der Waals surface area contributed by atoms with Gasteiger partial charge in [-0.25, -0.2) is 4.90 Å². The third-order valence-corrected chi connectivity index (χ3v) is 10.7. The summed E-state index contributed by atoms with van der Waals surface area (Å²) < 4.78 is 19.5. The number of piperidine rings is 1. The summed E-state index contributed by atoms with van der Waals surface area (Å²) in [6, 6.07) is 0. The number of esters is 1. The second kappa shape index (κ2) is 5.28. The van der Waals surface area contributed by atoms with Gasteiger partial charge in [0.25, 0.3) is 0 Å². The maximum atomic E-state index is 12.1. The van der Waals surface area contributed by atoms with E-state index in [0.717, 1.165) is 26.0 Å². The molecule has 0 aromatic rings. The van der Waals surface area contributed by atoms with E-state index in [4.69, 9.17) is 14.2 Å². The van der Waals surface area contributed by atoms with Crippen molar-refractivity contribution >= 4 is 5.97 Å². The van der Waals surface area contributed by atoms with Gasteiger partial charge in [0.05, 0.1) is 12.7 Å². The van der Waals surface area contributed by atoms with E-state index in [1.165, 1.54) is 37.7 Å². The first-order chi connectivity index (χ1) is 13.9. The number of hydrogen-bond acceptors (Lipinski definition) is 5. The molecule has 4 aliphatic heterocycles. The molecule has 158 valence electrons. The first-order valence-electron chi connectivity index (χ1n) is 11.8. The van der Waals surface area contributed by atoms with Gasteiger partial charge >= 0.3 is 5.97 Å². The van der Waals surface area contributed by atoms with Crippen molar-refractivity contribution < 1.29 is 19.0 Å². The second-order valence-corrected chi connectivity index (χ2v) is 11.4. The molecular weight excluding hydrogens is 366 g/mol. The zero-order valence-electron chi connectivity index (χ0n) is 17.7. The van der Waals surface area contributed by atoms with Gasteiger partial charge in [0, 0.05) is 29.7 Å². The van der Waals surface area contributed by atoms with Crippen molar-refractivity contribution in [2.75, 3.05) is 13.2 Å². The molecule has 5 aliphatic carbocycles. The van der Waals surface area contributed by atoms with Crippen LogP contribution in [0.15, 0.2) is 12.2 Å². The Balaban J connectivity index is 1.42. The van der Waals surface area contributed by atoms with Crippen molar-refractivity contribution in [1.82, 2.24) is 4.90 Å². The van der Waals surface area contributed by atoms with Crippen LogP contribution in [0.1, 0.15) is 58.8 Å². The summed E-state index contributed by atoms with van der Waals surface area (Å²) in [5, 5.41) is 0. The highest BCUT2D eigenvalue weighted by Gasteiger charge is 2.81. The average Bonchev–Trinajstić information content (AvgIpc) is 3.19. The molecule has 4 unspecified atom stereocenters. The molecule has 0 amide bonds. The van der Waals surface area contributed by atoms with Gasteiger partial charge in [-0.15, -0.1) is 0 Å². The zero-order chi connectivity index (χ0) is 19.8. The molecule has 29 heavy (non-hydrogen) atoms. The highest BCUT2D eigenvalue weighted by atomic mass is 16.6. The number of rotatable bonds is 1. The fraction of sp³-hybridized carbons (Fsp3) is 0.875. The Morgan fingerprint density at radius 3 is 2.86 bits per heavy atom. The zero-order valence-corrected chi connectivity index (χ0v) is 17.7. The summed E-state index contributed by atoms with van der Waals surface area (Å²) in [5.74, 6) is 1.57. The normalized spacial score (nSPS) is 59.4. The van der Waals surface area contributed by atoms with E-state index in [0.29, 0.717) is 17.8 Å². The molecule has 10 atom stereocenters. The van der Waals surface area contributed by atoms with Gasteiger partial charge in [0.15, 0.2) is 0 Å². The van der Waals surface area contributed by atoms with Crippen molar-refractivity contribution in [2.24, 2.45) is 34.0 Å². The van der Waals surface area contributed by atoms with E-state index in [1.54, 1.807) is 6.92 Å². The number of ether oxygens (including phenoxy) is 3. The summed E-state index contributed by atoms with van der Waals surface area (Å²) in [4.78, 5) is 14.7. The third-order valence-electron chi connectivity index (χ3n) is 10.7. The minimum absolute atomic E-state index is 0.0594. The van der Waals surface area contributed by atoms with Crippen LogP contribution in [0.4, 0.5) is 0 Å². The van der Waals surface area contributed by atoms with Gasteiger partial charge < -0.3 is 14.2 Å². The third kappa shape index (κ3) is 1.74. The summed E-state index contributed by atoms with van der Waals surface area (Å²) in [7, 11) is 0. The summed E-state index contributed by atoms with van der Waals surface area (Å²) in [5.41, 5.74) is 1.51. The van der Waals surface area contributed by atoms with Crippen LogP contribution in [-0.4, -0.2) is 48.7 Å². The summed E-state index contributed by atoms with van der Waals surface area (Å²) in [6.45, 7) is 10.3. The largest absolute Gasteiger partial charge is 0.457 e. The fourth-order valence-electron chi connectivity index (χ4n) is 10.0. The van der Waals surface area contributed by atoms with Crippen molar-refractivity contribution in [3.8, 4) is 0 Å². The van der Waals surface area contributed by atoms with Crippen LogP contribution in [0.3, 0.4) is 0 Å². The minimum Gasteiger partial charge on any atom is -0.457 e. The Bertz CT molecular complexity index is 813. The van der Waals surface area contributed by atoms with Crippen LogP contribution in [0, 0.1) is 34.0 Å². The number of hydrogen-bond donors (Lipinski definition) is 0. The van der Waals surface area contributed by atoms with Crippen molar-refractivity contribution in [3.63, 3.8) is 0 Å². The quantitative estimate of drug-likeness (QED) is 0.499. The number of carbonyl (C=O) groups excluding carboxylic acids is 1. The van der Waals surface area contributed by atoms with Gasteiger partial charge in [0.1, 0.15) is 18.6 Å². The lowest BCUT2D eigenvalue weighted by atomic mass is 9.32. The first-order valence-corrected chi connectivity index (χ1v) is 11.8. The molecular formula is C24H33NO4. The van der Waals surface area contributed by atoms with Crippen LogP contribution in [0.25, 0.3) is 0 Å². The molecule has 9 aliphatic rings. The summed E-state index contributed by atoms with van der Waals surface area (Å²) >= 11 is 0. The Morgan fingerprint density at radius 1 is 1.17 bits per heavy atom. The van der Waals surface area contributed by atoms with E-state index in [2.05, 4.69) is 18.4 Å². The lowest BCUT2D eigenvalue weighted by molar-refractivity contribution is -0.422. The molecule has 9 fully saturated rings. The average molecular weight is 400 g/mol. The molecule has 4 heterocycles. The smallest absolute Gasteiger partial charge is 0.303 e. The lowest BCUT2D eigenvalue weighted by Crippen LogP contribution is -2.83. The standard InChI is InChI=1S/C24H33NO4/c1-13-15-5-8-24(19(13)28-14(2)26)17(11-15)23-7-4-6-22(3)16(23)12-18(24)29-21(23)25-9-10-27-20(22)25/h15-21H,1,4-12H2,2-3H3/t15?,16-,17+,18?,19?,20+,21?,22-,23+,24-/m1/s1. The predicted octanol–water partition coefficient (Wildman–Crippen LogP) is 3.48. The Kier molecular flexibility index (Phi) is 3.23. The molecule has 9 rings (SSSR count). The molecule has 2 spiro atoms. The second-order valence-electron chi connectivity index (χ2n) is 11.4. The SMILES string of the molecule is C=C1C2CC[C@@]3(C4C[C@@H]5[C@@]6(C)CCC[C@@]5(C(O4)N4CCO[C@H]46)[C@@H]3C2)C1OC(C)=O. The molecule has 0 aromatic carbocycles. The van der Waals surface area contributed by atoms with Gasteiger partial charge in [-0.1, -0.05) is 19.9 Å². The van der Waals surface area contributed by atoms with E-state index < -0.39 is 0 Å². The highest BCUT2D eigenvalue weighted by molar-refractivity contribution is 5.67. The number of nitrogens with zero attached hydrogens (tertiary/aromatic N) is 1.